The van der Waals surface area contributed by atoms with Gasteiger partial charge in [-0.15, -0.1) is 0 Å². The molecule has 0 saturated heterocycles. The summed E-state index contributed by atoms with van der Waals surface area (Å²) in [7, 11) is 0. The fourth-order valence-electron chi connectivity index (χ4n) is 1.78. The Morgan fingerprint density at radius 3 is 2.81 bits per heavy atom. The molecule has 16 heavy (non-hydrogen) atoms. The Labute approximate surface area is 92.8 Å². The van der Waals surface area contributed by atoms with Crippen molar-refractivity contribution >= 4 is 11.8 Å². The second-order valence-electron chi connectivity index (χ2n) is 3.86. The number of benzene rings is 1. The van der Waals surface area contributed by atoms with Gasteiger partial charge in [0.1, 0.15) is 5.75 Å². The molecule has 1 aliphatic rings. The Bertz CT molecular complexity index is 450. The molecule has 0 aromatic heterocycles. The number of Topliss-reactive ketones (excluding diaryl/α,β-unsaturated/α-hetero) is 1. The van der Waals surface area contributed by atoms with Gasteiger partial charge in [-0.2, -0.15) is 0 Å². The highest BCUT2D eigenvalue weighted by Gasteiger charge is 2.25. The van der Waals surface area contributed by atoms with Gasteiger partial charge in [-0.1, -0.05) is 0 Å². The van der Waals surface area contributed by atoms with Gasteiger partial charge >= 0.3 is 5.97 Å². The first-order valence-corrected chi connectivity index (χ1v) is 5.11. The summed E-state index contributed by atoms with van der Waals surface area (Å²) < 4.78 is 5.32. The highest BCUT2D eigenvalue weighted by atomic mass is 16.5. The molecule has 1 aliphatic heterocycles. The lowest BCUT2D eigenvalue weighted by Gasteiger charge is -2.23. The molecule has 4 nitrogen and oxygen atoms in total. The number of carboxylic acid groups (broad SMARTS) is 1. The molecule has 0 fully saturated rings. The van der Waals surface area contributed by atoms with Gasteiger partial charge in [0, 0.05) is 5.56 Å². The van der Waals surface area contributed by atoms with Crippen molar-refractivity contribution in [2.75, 3.05) is 0 Å². The number of carboxylic acids is 1. The summed E-state index contributed by atoms with van der Waals surface area (Å²) >= 11 is 0. The molecule has 1 aromatic rings. The van der Waals surface area contributed by atoms with Crippen LogP contribution in [0.2, 0.25) is 0 Å². The van der Waals surface area contributed by atoms with Gasteiger partial charge < -0.3 is 9.84 Å². The lowest BCUT2D eigenvalue weighted by Crippen LogP contribution is -2.30. The summed E-state index contributed by atoms with van der Waals surface area (Å²) in [6.07, 6.45) is 0.313. The van der Waals surface area contributed by atoms with Gasteiger partial charge in [-0.3, -0.25) is 4.79 Å². The third kappa shape index (κ3) is 1.91. The smallest absolute Gasteiger partial charge is 0.344 e. The molecule has 1 aromatic carbocycles. The average Bonchev–Trinajstić information content (AvgIpc) is 2.27. The molecule has 0 amide bonds. The Morgan fingerprint density at radius 2 is 2.19 bits per heavy atom. The summed E-state index contributed by atoms with van der Waals surface area (Å²) in [6, 6.07) is 5.10. The van der Waals surface area contributed by atoms with Crippen molar-refractivity contribution in [1.82, 2.24) is 0 Å². The van der Waals surface area contributed by atoms with Crippen LogP contribution >= 0.6 is 0 Å². The molecule has 1 atom stereocenters. The lowest BCUT2D eigenvalue weighted by atomic mass is 9.99. The Hall–Kier alpha value is -1.84. The van der Waals surface area contributed by atoms with E-state index in [1.807, 2.05) is 0 Å². The maximum Gasteiger partial charge on any atom is 0.344 e. The van der Waals surface area contributed by atoms with Crippen LogP contribution in [0, 0.1) is 0 Å². The third-order valence-corrected chi connectivity index (χ3v) is 2.69. The molecule has 0 radical (unpaired) electrons. The highest BCUT2D eigenvalue weighted by Crippen LogP contribution is 2.28. The number of carbonyl (C=O) groups is 2. The van der Waals surface area contributed by atoms with E-state index >= 15 is 0 Å². The standard InChI is InChI=1S/C12H12O4/c1-7(13)8-2-4-10-9(6-8)3-5-11(16-10)12(14)15/h2,4,6,11H,3,5H2,1H3,(H,14,15)/t11-/m0/s1. The number of fused-ring (bicyclic) bond motifs is 1. The van der Waals surface area contributed by atoms with Crippen molar-refractivity contribution in [3.8, 4) is 5.75 Å². The molecule has 0 aliphatic carbocycles. The van der Waals surface area contributed by atoms with Crippen LogP contribution in [0.4, 0.5) is 0 Å². The Kier molecular flexibility index (Phi) is 2.64. The van der Waals surface area contributed by atoms with Crippen LogP contribution in [0.5, 0.6) is 5.75 Å². The second kappa shape index (κ2) is 3.96. The third-order valence-electron chi connectivity index (χ3n) is 2.69. The zero-order valence-corrected chi connectivity index (χ0v) is 8.90. The lowest BCUT2D eigenvalue weighted by molar-refractivity contribution is -0.145. The van der Waals surface area contributed by atoms with E-state index in [1.54, 1.807) is 18.2 Å². The second-order valence-corrected chi connectivity index (χ2v) is 3.86. The Balaban J connectivity index is 2.29. The number of ketones is 1. The largest absolute Gasteiger partial charge is 0.479 e. The normalized spacial score (nSPS) is 18.4. The summed E-state index contributed by atoms with van der Waals surface area (Å²) in [5.74, 6) is -0.367. The maximum absolute atomic E-state index is 11.2. The first kappa shape index (κ1) is 10.7. The van der Waals surface area contributed by atoms with E-state index in [1.165, 1.54) is 6.92 Å². The molecule has 2 rings (SSSR count). The molecule has 0 spiro atoms. The van der Waals surface area contributed by atoms with Crippen molar-refractivity contribution in [2.45, 2.75) is 25.9 Å². The molecule has 4 heteroatoms. The van der Waals surface area contributed by atoms with Crippen LogP contribution in [0.3, 0.4) is 0 Å². The molecule has 1 N–H and O–H groups in total. The van der Waals surface area contributed by atoms with Crippen LogP contribution < -0.4 is 4.74 Å². The van der Waals surface area contributed by atoms with Crippen LogP contribution in [0.15, 0.2) is 18.2 Å². The van der Waals surface area contributed by atoms with Gasteiger partial charge in [-0.25, -0.2) is 4.79 Å². The SMILES string of the molecule is CC(=O)c1ccc2c(c1)CC[C@@H](C(=O)O)O2. The molecule has 0 bridgehead atoms. The zero-order valence-electron chi connectivity index (χ0n) is 8.90. The summed E-state index contributed by atoms with van der Waals surface area (Å²) in [4.78, 5) is 21.9. The van der Waals surface area contributed by atoms with Crippen molar-refractivity contribution in [3.05, 3.63) is 29.3 Å². The number of hydrogen-bond acceptors (Lipinski definition) is 3. The number of ether oxygens (including phenoxy) is 1. The van der Waals surface area contributed by atoms with Crippen molar-refractivity contribution < 1.29 is 19.4 Å². The van der Waals surface area contributed by atoms with Crippen LogP contribution in [-0.2, 0) is 11.2 Å². The molecular weight excluding hydrogens is 208 g/mol. The van der Waals surface area contributed by atoms with E-state index in [9.17, 15) is 9.59 Å². The Morgan fingerprint density at radius 1 is 1.44 bits per heavy atom. The molecule has 0 unspecified atom stereocenters. The molecular formula is C12H12O4. The summed E-state index contributed by atoms with van der Waals surface area (Å²) in [6.45, 7) is 1.51. The van der Waals surface area contributed by atoms with E-state index in [-0.39, 0.29) is 5.78 Å². The van der Waals surface area contributed by atoms with E-state index in [0.29, 0.717) is 24.2 Å². The van der Waals surface area contributed by atoms with E-state index in [2.05, 4.69) is 0 Å². The predicted molar refractivity (Wildman–Crippen MR) is 56.8 cm³/mol. The number of aryl methyl sites for hydroxylation is 1. The van der Waals surface area contributed by atoms with Crippen molar-refractivity contribution in [1.29, 1.82) is 0 Å². The first-order valence-electron chi connectivity index (χ1n) is 5.11. The van der Waals surface area contributed by atoms with Crippen molar-refractivity contribution in [3.63, 3.8) is 0 Å². The number of aliphatic carboxylic acids is 1. The topological polar surface area (TPSA) is 63.6 Å². The number of rotatable bonds is 2. The van der Waals surface area contributed by atoms with Gasteiger partial charge in [0.2, 0.25) is 0 Å². The van der Waals surface area contributed by atoms with Gasteiger partial charge in [0.25, 0.3) is 0 Å². The van der Waals surface area contributed by atoms with Gasteiger partial charge in [0.05, 0.1) is 0 Å². The summed E-state index contributed by atoms with van der Waals surface area (Å²) in [5, 5.41) is 8.83. The van der Waals surface area contributed by atoms with Gasteiger partial charge in [0.15, 0.2) is 11.9 Å². The minimum Gasteiger partial charge on any atom is -0.479 e. The van der Waals surface area contributed by atoms with Crippen LogP contribution in [0.25, 0.3) is 0 Å². The van der Waals surface area contributed by atoms with Crippen molar-refractivity contribution in [2.24, 2.45) is 0 Å². The molecule has 1 heterocycles. The number of carbonyl (C=O) groups excluding carboxylic acids is 1. The zero-order chi connectivity index (χ0) is 11.7. The molecule has 84 valence electrons. The number of hydrogen-bond donors (Lipinski definition) is 1. The molecule has 0 saturated carbocycles. The van der Waals surface area contributed by atoms with E-state index < -0.39 is 12.1 Å². The van der Waals surface area contributed by atoms with Gasteiger partial charge in [-0.05, 0) is 43.5 Å². The fraction of sp³-hybridized carbons (Fsp3) is 0.333. The van der Waals surface area contributed by atoms with Crippen LogP contribution in [-0.4, -0.2) is 23.0 Å². The first-order chi connectivity index (χ1) is 7.58. The predicted octanol–water partition coefficient (Wildman–Crippen LogP) is 1.67. The average molecular weight is 220 g/mol. The van der Waals surface area contributed by atoms with E-state index in [0.717, 1.165) is 5.56 Å². The fourth-order valence-corrected chi connectivity index (χ4v) is 1.78. The van der Waals surface area contributed by atoms with Crippen LogP contribution in [0.1, 0.15) is 29.3 Å². The highest BCUT2D eigenvalue weighted by molar-refractivity contribution is 5.94. The maximum atomic E-state index is 11.2. The monoisotopic (exact) mass is 220 g/mol. The minimum atomic E-state index is -0.943. The quantitative estimate of drug-likeness (QED) is 0.770. The van der Waals surface area contributed by atoms with E-state index in [4.69, 9.17) is 9.84 Å². The minimum absolute atomic E-state index is 0.00292. The summed E-state index contributed by atoms with van der Waals surface area (Å²) in [5.41, 5.74) is 1.54.